The quantitative estimate of drug-likeness (QED) is 0.899. The molecule has 1 aromatic heterocycles. The van der Waals surface area contributed by atoms with Gasteiger partial charge in [0.05, 0.1) is 11.7 Å². The number of rotatable bonds is 4. The molecule has 2 N–H and O–H groups in total. The van der Waals surface area contributed by atoms with Crippen molar-refractivity contribution in [3.63, 3.8) is 0 Å². The molecule has 5 heteroatoms. The lowest BCUT2D eigenvalue weighted by molar-refractivity contribution is 0.460. The van der Waals surface area contributed by atoms with Crippen LogP contribution in [0.25, 0.3) is 0 Å². The van der Waals surface area contributed by atoms with Crippen molar-refractivity contribution >= 4 is 15.9 Å². The monoisotopic (exact) mass is 351 g/mol. The Bertz CT molecular complexity index is 620. The molecule has 2 aromatic rings. The first-order valence-electron chi connectivity index (χ1n) is 7.38. The van der Waals surface area contributed by atoms with E-state index in [1.807, 2.05) is 23.0 Å². The molecule has 0 amide bonds. The number of aromatic nitrogens is 2. The maximum absolute atomic E-state index is 13.9. The van der Waals surface area contributed by atoms with Crippen LogP contribution in [0.5, 0.6) is 0 Å². The van der Waals surface area contributed by atoms with Crippen molar-refractivity contribution < 1.29 is 4.39 Å². The Morgan fingerprint density at radius 1 is 1.33 bits per heavy atom. The van der Waals surface area contributed by atoms with Crippen LogP contribution in [0.1, 0.15) is 49.0 Å². The topological polar surface area (TPSA) is 43.8 Å². The van der Waals surface area contributed by atoms with Crippen molar-refractivity contribution in [1.82, 2.24) is 9.78 Å². The number of nitrogens with zero attached hydrogens (tertiary/aromatic N) is 2. The fraction of sp³-hybridized carbons (Fsp3) is 0.438. The lowest BCUT2D eigenvalue weighted by Crippen LogP contribution is -2.16. The van der Waals surface area contributed by atoms with Crippen molar-refractivity contribution in [2.24, 2.45) is 5.73 Å². The largest absolute Gasteiger partial charge is 0.324 e. The summed E-state index contributed by atoms with van der Waals surface area (Å²) in [5.74, 6) is -0.271. The van der Waals surface area contributed by atoms with E-state index in [0.717, 1.165) is 10.2 Å². The molecule has 1 heterocycles. The number of nitrogens with two attached hydrogens (primary N) is 1. The lowest BCUT2D eigenvalue weighted by Gasteiger charge is -2.12. The number of hydrogen-bond acceptors (Lipinski definition) is 2. The van der Waals surface area contributed by atoms with Crippen LogP contribution in [0.2, 0.25) is 0 Å². The van der Waals surface area contributed by atoms with Gasteiger partial charge in [-0.25, -0.2) is 4.39 Å². The predicted octanol–water partition coefficient (Wildman–Crippen LogP) is 4.14. The van der Waals surface area contributed by atoms with Gasteiger partial charge < -0.3 is 5.73 Å². The zero-order chi connectivity index (χ0) is 14.8. The maximum atomic E-state index is 13.9. The Labute approximate surface area is 132 Å². The standard InChI is InChI=1S/C16H19BrFN3/c17-11-5-6-14(15(18)9-11)16(19)10-12-7-8-21(20-12)13-3-1-2-4-13/h5-9,13,16H,1-4,10,19H2. The third kappa shape index (κ3) is 3.35. The van der Waals surface area contributed by atoms with Gasteiger partial charge in [-0.05, 0) is 31.0 Å². The Morgan fingerprint density at radius 3 is 2.81 bits per heavy atom. The van der Waals surface area contributed by atoms with E-state index in [2.05, 4.69) is 21.0 Å². The van der Waals surface area contributed by atoms with E-state index in [0.29, 0.717) is 18.0 Å². The molecule has 1 fully saturated rings. The fourth-order valence-corrected chi connectivity index (χ4v) is 3.33. The molecule has 1 aromatic carbocycles. The van der Waals surface area contributed by atoms with Gasteiger partial charge >= 0.3 is 0 Å². The van der Waals surface area contributed by atoms with Gasteiger partial charge in [-0.15, -0.1) is 0 Å². The van der Waals surface area contributed by atoms with Crippen molar-refractivity contribution in [3.8, 4) is 0 Å². The van der Waals surface area contributed by atoms with Crippen molar-refractivity contribution in [3.05, 3.63) is 52.0 Å². The summed E-state index contributed by atoms with van der Waals surface area (Å²) in [4.78, 5) is 0. The minimum absolute atomic E-state index is 0.271. The minimum Gasteiger partial charge on any atom is -0.324 e. The smallest absolute Gasteiger partial charge is 0.129 e. The molecule has 0 saturated heterocycles. The van der Waals surface area contributed by atoms with Gasteiger partial charge in [-0.2, -0.15) is 5.10 Å². The highest BCUT2D eigenvalue weighted by atomic mass is 79.9. The highest BCUT2D eigenvalue weighted by molar-refractivity contribution is 9.10. The highest BCUT2D eigenvalue weighted by Gasteiger charge is 2.19. The molecule has 1 saturated carbocycles. The summed E-state index contributed by atoms with van der Waals surface area (Å²) in [5.41, 5.74) is 7.60. The minimum atomic E-state index is -0.370. The molecule has 0 spiro atoms. The van der Waals surface area contributed by atoms with Crippen LogP contribution >= 0.6 is 15.9 Å². The molecule has 3 nitrogen and oxygen atoms in total. The van der Waals surface area contributed by atoms with Crippen LogP contribution in [0, 0.1) is 5.82 Å². The molecule has 1 unspecified atom stereocenters. The van der Waals surface area contributed by atoms with E-state index >= 15 is 0 Å². The van der Waals surface area contributed by atoms with Gasteiger partial charge in [0, 0.05) is 28.7 Å². The van der Waals surface area contributed by atoms with Gasteiger partial charge in [0.15, 0.2) is 0 Å². The molecule has 0 aliphatic heterocycles. The molecular formula is C16H19BrFN3. The maximum Gasteiger partial charge on any atom is 0.129 e. The summed E-state index contributed by atoms with van der Waals surface area (Å²) in [6.45, 7) is 0. The van der Waals surface area contributed by atoms with Gasteiger partial charge in [0.1, 0.15) is 5.82 Å². The third-order valence-electron chi connectivity index (χ3n) is 4.15. The van der Waals surface area contributed by atoms with Gasteiger partial charge in [-0.3, -0.25) is 4.68 Å². The summed E-state index contributed by atoms with van der Waals surface area (Å²) in [6, 6.07) is 7.15. The van der Waals surface area contributed by atoms with Crippen molar-refractivity contribution in [1.29, 1.82) is 0 Å². The molecular weight excluding hydrogens is 333 g/mol. The van der Waals surface area contributed by atoms with Crippen LogP contribution in [0.15, 0.2) is 34.9 Å². The number of hydrogen-bond donors (Lipinski definition) is 1. The third-order valence-corrected chi connectivity index (χ3v) is 4.65. The van der Waals surface area contributed by atoms with Gasteiger partial charge in [0.25, 0.3) is 0 Å². The fourth-order valence-electron chi connectivity index (χ4n) is 3.00. The SMILES string of the molecule is NC(Cc1ccn(C2CCCC2)n1)c1ccc(Br)cc1F. The van der Waals surface area contributed by atoms with Crippen LogP contribution in [-0.2, 0) is 6.42 Å². The van der Waals surface area contributed by atoms with E-state index in [1.54, 1.807) is 6.07 Å². The molecule has 1 atom stereocenters. The second kappa shape index (κ2) is 6.28. The van der Waals surface area contributed by atoms with Crippen LogP contribution in [0.3, 0.4) is 0 Å². The van der Waals surface area contributed by atoms with Crippen molar-refractivity contribution in [2.75, 3.05) is 0 Å². The van der Waals surface area contributed by atoms with Gasteiger partial charge in [0.2, 0.25) is 0 Å². The first-order valence-corrected chi connectivity index (χ1v) is 8.17. The Hall–Kier alpha value is -1.20. The highest BCUT2D eigenvalue weighted by Crippen LogP contribution is 2.29. The molecule has 1 aliphatic carbocycles. The molecule has 21 heavy (non-hydrogen) atoms. The molecule has 3 rings (SSSR count). The Balaban J connectivity index is 1.70. The second-order valence-electron chi connectivity index (χ2n) is 5.70. The first-order chi connectivity index (χ1) is 10.1. The van der Waals surface area contributed by atoms with Gasteiger partial charge in [-0.1, -0.05) is 34.8 Å². The van der Waals surface area contributed by atoms with Crippen molar-refractivity contribution in [2.45, 2.75) is 44.2 Å². The second-order valence-corrected chi connectivity index (χ2v) is 6.62. The molecule has 0 bridgehead atoms. The summed E-state index contributed by atoms with van der Waals surface area (Å²) >= 11 is 3.26. The number of benzene rings is 1. The Kier molecular flexibility index (Phi) is 4.40. The average molecular weight is 352 g/mol. The van der Waals surface area contributed by atoms with E-state index in [9.17, 15) is 4.39 Å². The average Bonchev–Trinajstić information content (AvgIpc) is 3.08. The summed E-state index contributed by atoms with van der Waals surface area (Å²) in [6.07, 6.45) is 7.55. The van der Waals surface area contributed by atoms with Crippen LogP contribution in [0.4, 0.5) is 4.39 Å². The molecule has 0 radical (unpaired) electrons. The van der Waals surface area contributed by atoms with E-state index in [4.69, 9.17) is 5.73 Å². The van der Waals surface area contributed by atoms with E-state index in [1.165, 1.54) is 31.7 Å². The zero-order valence-electron chi connectivity index (χ0n) is 11.8. The number of halogens is 2. The molecule has 1 aliphatic rings. The summed E-state index contributed by atoms with van der Waals surface area (Å²) in [5, 5.41) is 4.61. The zero-order valence-corrected chi connectivity index (χ0v) is 13.4. The first kappa shape index (κ1) is 14.7. The Morgan fingerprint density at radius 2 is 2.10 bits per heavy atom. The predicted molar refractivity (Wildman–Crippen MR) is 84.5 cm³/mol. The normalized spacial score (nSPS) is 17.3. The van der Waals surface area contributed by atoms with Crippen LogP contribution < -0.4 is 5.73 Å². The van der Waals surface area contributed by atoms with E-state index < -0.39 is 0 Å². The summed E-state index contributed by atoms with van der Waals surface area (Å²) < 4.78 is 16.7. The van der Waals surface area contributed by atoms with Crippen LogP contribution in [-0.4, -0.2) is 9.78 Å². The summed E-state index contributed by atoms with van der Waals surface area (Å²) in [7, 11) is 0. The molecule has 112 valence electrons. The lowest BCUT2D eigenvalue weighted by atomic mass is 10.0. The van der Waals surface area contributed by atoms with E-state index in [-0.39, 0.29) is 11.9 Å².